The molecule has 1 amide bonds. The molecule has 0 spiro atoms. The van der Waals surface area contributed by atoms with E-state index in [0.717, 1.165) is 24.9 Å². The summed E-state index contributed by atoms with van der Waals surface area (Å²) in [6.45, 7) is 2.33. The van der Waals surface area contributed by atoms with Crippen LogP contribution >= 0.6 is 11.6 Å². The number of halogens is 1. The summed E-state index contributed by atoms with van der Waals surface area (Å²) >= 11 is 6.04. The molecular formula is C15H21ClN2O2. The Morgan fingerprint density at radius 1 is 1.45 bits per heavy atom. The van der Waals surface area contributed by atoms with Gasteiger partial charge in [0.15, 0.2) is 0 Å². The number of hydrogen-bond acceptors (Lipinski definition) is 3. The van der Waals surface area contributed by atoms with Gasteiger partial charge in [-0.15, -0.1) is 0 Å². The van der Waals surface area contributed by atoms with Crippen LogP contribution in [-0.4, -0.2) is 41.7 Å². The Labute approximate surface area is 124 Å². The van der Waals surface area contributed by atoms with E-state index in [1.165, 1.54) is 0 Å². The Balaban J connectivity index is 1.72. The second-order valence-corrected chi connectivity index (χ2v) is 5.54. The molecule has 1 saturated heterocycles. The predicted octanol–water partition coefficient (Wildman–Crippen LogP) is 1.80. The van der Waals surface area contributed by atoms with Gasteiger partial charge >= 0.3 is 0 Å². The molecule has 0 radical (unpaired) electrons. The van der Waals surface area contributed by atoms with E-state index >= 15 is 0 Å². The minimum Gasteiger partial charge on any atom is -0.395 e. The first-order valence-corrected chi connectivity index (χ1v) is 7.43. The Morgan fingerprint density at radius 2 is 2.25 bits per heavy atom. The minimum atomic E-state index is 0.0218. The number of benzene rings is 1. The maximum absolute atomic E-state index is 11.8. The van der Waals surface area contributed by atoms with Crippen LogP contribution in [-0.2, 0) is 11.3 Å². The summed E-state index contributed by atoms with van der Waals surface area (Å²) in [6.07, 6.45) is 2.59. The monoisotopic (exact) mass is 296 g/mol. The highest BCUT2D eigenvalue weighted by Gasteiger charge is 2.23. The lowest BCUT2D eigenvalue weighted by Gasteiger charge is -2.22. The largest absolute Gasteiger partial charge is 0.395 e. The third-order valence-corrected chi connectivity index (χ3v) is 4.14. The molecule has 20 heavy (non-hydrogen) atoms. The molecule has 0 bridgehead atoms. The maximum Gasteiger partial charge on any atom is 0.221 e. The van der Waals surface area contributed by atoms with E-state index in [0.29, 0.717) is 24.5 Å². The smallest absolute Gasteiger partial charge is 0.221 e. The van der Waals surface area contributed by atoms with E-state index in [9.17, 15) is 9.90 Å². The molecule has 0 aliphatic carbocycles. The van der Waals surface area contributed by atoms with Crippen molar-refractivity contribution in [3.8, 4) is 0 Å². The number of nitrogens with one attached hydrogen (secondary N) is 1. The molecule has 1 atom stereocenters. The van der Waals surface area contributed by atoms with Crippen LogP contribution < -0.4 is 5.32 Å². The Bertz CT molecular complexity index is 453. The number of likely N-dealkylation sites (tertiary alicyclic amines) is 1. The van der Waals surface area contributed by atoms with Crippen molar-refractivity contribution in [1.29, 1.82) is 0 Å². The van der Waals surface area contributed by atoms with E-state index in [1.54, 1.807) is 0 Å². The molecule has 2 N–H and O–H groups in total. The average Bonchev–Trinajstić information content (AvgIpc) is 2.91. The second kappa shape index (κ2) is 7.62. The van der Waals surface area contributed by atoms with Gasteiger partial charge < -0.3 is 10.4 Å². The number of nitrogens with zero attached hydrogens (tertiary/aromatic N) is 1. The summed E-state index contributed by atoms with van der Waals surface area (Å²) in [6, 6.07) is 7.73. The van der Waals surface area contributed by atoms with Gasteiger partial charge in [-0.2, -0.15) is 0 Å². The first-order chi connectivity index (χ1) is 9.70. The fourth-order valence-electron chi connectivity index (χ4n) is 2.57. The minimum absolute atomic E-state index is 0.0218. The van der Waals surface area contributed by atoms with Crippen LogP contribution in [0.4, 0.5) is 0 Å². The first-order valence-electron chi connectivity index (χ1n) is 7.05. The van der Waals surface area contributed by atoms with E-state index in [-0.39, 0.29) is 18.6 Å². The number of carbonyl (C=O) groups excluding carboxylic acids is 1. The maximum atomic E-state index is 11.8. The van der Waals surface area contributed by atoms with Gasteiger partial charge in [-0.25, -0.2) is 0 Å². The average molecular weight is 297 g/mol. The van der Waals surface area contributed by atoms with Gasteiger partial charge in [0.2, 0.25) is 5.91 Å². The van der Waals surface area contributed by atoms with Crippen LogP contribution in [0.2, 0.25) is 5.02 Å². The molecule has 1 aromatic carbocycles. The van der Waals surface area contributed by atoms with Crippen LogP contribution in [0.3, 0.4) is 0 Å². The fourth-order valence-corrected chi connectivity index (χ4v) is 2.77. The molecule has 0 unspecified atom stereocenters. The molecule has 110 valence electrons. The highest BCUT2D eigenvalue weighted by molar-refractivity contribution is 6.31. The molecule has 1 aromatic rings. The van der Waals surface area contributed by atoms with Gasteiger partial charge in [0.25, 0.3) is 0 Å². The molecule has 2 rings (SSSR count). The molecule has 5 heteroatoms. The third-order valence-electron chi connectivity index (χ3n) is 3.77. The van der Waals surface area contributed by atoms with Crippen molar-refractivity contribution >= 4 is 17.5 Å². The van der Waals surface area contributed by atoms with Crippen LogP contribution in [0.5, 0.6) is 0 Å². The van der Waals surface area contributed by atoms with E-state index in [2.05, 4.69) is 10.2 Å². The summed E-state index contributed by atoms with van der Waals surface area (Å²) in [5, 5.41) is 12.8. The van der Waals surface area contributed by atoms with Gasteiger partial charge in [0, 0.05) is 30.6 Å². The summed E-state index contributed by atoms with van der Waals surface area (Å²) < 4.78 is 0. The highest BCUT2D eigenvalue weighted by atomic mass is 35.5. The lowest BCUT2D eigenvalue weighted by molar-refractivity contribution is -0.121. The Hall–Kier alpha value is -1.10. The molecular weight excluding hydrogens is 276 g/mol. The lowest BCUT2D eigenvalue weighted by atomic mass is 10.2. The van der Waals surface area contributed by atoms with E-state index in [1.807, 2.05) is 24.3 Å². The number of hydrogen-bond donors (Lipinski definition) is 2. The van der Waals surface area contributed by atoms with E-state index < -0.39 is 0 Å². The van der Waals surface area contributed by atoms with Gasteiger partial charge in [-0.3, -0.25) is 9.69 Å². The van der Waals surface area contributed by atoms with Crippen molar-refractivity contribution in [2.45, 2.75) is 31.8 Å². The van der Waals surface area contributed by atoms with Crippen molar-refractivity contribution in [3.63, 3.8) is 0 Å². The molecule has 1 aliphatic rings. The quantitative estimate of drug-likeness (QED) is 0.842. The Kier molecular flexibility index (Phi) is 5.83. The zero-order chi connectivity index (χ0) is 14.4. The van der Waals surface area contributed by atoms with Crippen LogP contribution in [0.15, 0.2) is 24.3 Å². The van der Waals surface area contributed by atoms with Crippen molar-refractivity contribution in [2.75, 3.05) is 19.7 Å². The summed E-state index contributed by atoms with van der Waals surface area (Å²) in [7, 11) is 0. The molecule has 0 saturated carbocycles. The first kappa shape index (κ1) is 15.3. The lowest BCUT2D eigenvalue weighted by Crippen LogP contribution is -2.35. The predicted molar refractivity (Wildman–Crippen MR) is 79.6 cm³/mol. The fraction of sp³-hybridized carbons (Fsp3) is 0.533. The van der Waals surface area contributed by atoms with Crippen molar-refractivity contribution in [2.24, 2.45) is 0 Å². The van der Waals surface area contributed by atoms with Crippen molar-refractivity contribution < 1.29 is 9.90 Å². The van der Waals surface area contributed by atoms with Crippen LogP contribution in [0.1, 0.15) is 24.8 Å². The van der Waals surface area contributed by atoms with Gasteiger partial charge in [0.1, 0.15) is 0 Å². The molecule has 1 aliphatic heterocycles. The zero-order valence-corrected chi connectivity index (χ0v) is 12.3. The molecule has 4 nitrogen and oxygen atoms in total. The topological polar surface area (TPSA) is 52.6 Å². The Morgan fingerprint density at radius 3 is 3.00 bits per heavy atom. The zero-order valence-electron chi connectivity index (χ0n) is 11.5. The van der Waals surface area contributed by atoms with Gasteiger partial charge in [0.05, 0.1) is 6.61 Å². The number of aliphatic hydroxyl groups is 1. The number of aliphatic hydroxyl groups excluding tert-OH is 1. The molecule has 0 aromatic heterocycles. The summed E-state index contributed by atoms with van der Waals surface area (Å²) in [5.41, 5.74) is 0.928. The molecule has 1 heterocycles. The third kappa shape index (κ3) is 4.20. The second-order valence-electron chi connectivity index (χ2n) is 5.13. The van der Waals surface area contributed by atoms with E-state index in [4.69, 9.17) is 11.6 Å². The van der Waals surface area contributed by atoms with Crippen LogP contribution in [0, 0.1) is 0 Å². The van der Waals surface area contributed by atoms with Gasteiger partial charge in [-0.1, -0.05) is 29.8 Å². The summed E-state index contributed by atoms with van der Waals surface area (Å²) in [4.78, 5) is 14.0. The highest BCUT2D eigenvalue weighted by Crippen LogP contribution is 2.17. The van der Waals surface area contributed by atoms with Gasteiger partial charge in [-0.05, 0) is 31.0 Å². The number of rotatable bonds is 6. The summed E-state index contributed by atoms with van der Waals surface area (Å²) in [5.74, 6) is 0.0218. The molecule has 1 fully saturated rings. The van der Waals surface area contributed by atoms with Crippen molar-refractivity contribution in [3.05, 3.63) is 34.9 Å². The standard InChI is InChI=1S/C15H21ClN2O2/c16-14-6-2-1-4-12(14)10-17-15(20)7-9-18-8-3-5-13(18)11-19/h1-2,4,6,13,19H,3,5,7-11H2,(H,17,20)/t13-/m0/s1. The SMILES string of the molecule is O=C(CCN1CCC[C@H]1CO)NCc1ccccc1Cl. The normalized spacial score (nSPS) is 19.2. The van der Waals surface area contributed by atoms with Crippen molar-refractivity contribution in [1.82, 2.24) is 10.2 Å². The number of amides is 1. The van der Waals surface area contributed by atoms with Crippen LogP contribution in [0.25, 0.3) is 0 Å². The number of carbonyl (C=O) groups is 1.